The van der Waals surface area contributed by atoms with Gasteiger partial charge >= 0.3 is 0 Å². The highest BCUT2D eigenvalue weighted by Crippen LogP contribution is 2.28. The molecule has 1 aliphatic rings. The van der Waals surface area contributed by atoms with Crippen molar-refractivity contribution in [2.45, 2.75) is 32.3 Å². The second kappa shape index (κ2) is 7.27. The Kier molecular flexibility index (Phi) is 5.67. The molecule has 0 heterocycles. The summed E-state index contributed by atoms with van der Waals surface area (Å²) in [5, 5.41) is 13.2. The highest BCUT2D eigenvalue weighted by atomic mass is 79.9. The van der Waals surface area contributed by atoms with Crippen molar-refractivity contribution in [2.75, 3.05) is 25.1 Å². The molecule has 1 aromatic carbocycles. The third kappa shape index (κ3) is 5.13. The van der Waals surface area contributed by atoms with Gasteiger partial charge in [0, 0.05) is 23.3 Å². The van der Waals surface area contributed by atoms with Crippen LogP contribution in [0.25, 0.3) is 0 Å². The summed E-state index contributed by atoms with van der Waals surface area (Å²) in [6, 6.07) is 6.16. The lowest BCUT2D eigenvalue weighted by atomic mass is 10.1. The fraction of sp³-hybridized carbons (Fsp3) is 0.600. The SMILES string of the molecule is CCc1cc(Br)ccc1NCC(O)COCC1CC1. The van der Waals surface area contributed by atoms with Crippen molar-refractivity contribution >= 4 is 21.6 Å². The molecule has 19 heavy (non-hydrogen) atoms. The van der Waals surface area contributed by atoms with E-state index in [9.17, 15) is 5.11 Å². The fourth-order valence-electron chi connectivity index (χ4n) is 1.97. The maximum absolute atomic E-state index is 9.87. The second-order valence-electron chi connectivity index (χ2n) is 5.17. The number of ether oxygens (including phenoxy) is 1. The highest BCUT2D eigenvalue weighted by molar-refractivity contribution is 9.10. The molecule has 106 valence electrons. The zero-order chi connectivity index (χ0) is 13.7. The molecule has 1 aliphatic carbocycles. The number of anilines is 1. The Morgan fingerprint density at radius 1 is 1.47 bits per heavy atom. The van der Waals surface area contributed by atoms with Crippen LogP contribution in [0.1, 0.15) is 25.3 Å². The topological polar surface area (TPSA) is 41.5 Å². The lowest BCUT2D eigenvalue weighted by Crippen LogP contribution is -2.25. The molecule has 1 atom stereocenters. The summed E-state index contributed by atoms with van der Waals surface area (Å²) in [6.45, 7) is 3.87. The zero-order valence-corrected chi connectivity index (χ0v) is 12.9. The predicted molar refractivity (Wildman–Crippen MR) is 81.6 cm³/mol. The molecule has 0 radical (unpaired) electrons. The van der Waals surface area contributed by atoms with E-state index in [-0.39, 0.29) is 0 Å². The number of aliphatic hydroxyl groups is 1. The Balaban J connectivity index is 1.73. The Morgan fingerprint density at radius 2 is 2.26 bits per heavy atom. The molecule has 2 rings (SSSR count). The molecule has 0 aromatic heterocycles. The number of nitrogens with one attached hydrogen (secondary N) is 1. The van der Waals surface area contributed by atoms with Gasteiger partial charge in [0.15, 0.2) is 0 Å². The molecule has 0 bridgehead atoms. The van der Waals surface area contributed by atoms with Gasteiger partial charge in [-0.3, -0.25) is 0 Å². The van der Waals surface area contributed by atoms with Crippen molar-refractivity contribution in [1.29, 1.82) is 0 Å². The van der Waals surface area contributed by atoms with Gasteiger partial charge in [0.25, 0.3) is 0 Å². The average molecular weight is 328 g/mol. The number of halogens is 1. The fourth-order valence-corrected chi connectivity index (χ4v) is 2.38. The van der Waals surface area contributed by atoms with E-state index in [0.717, 1.165) is 29.1 Å². The first kappa shape index (κ1) is 14.8. The summed E-state index contributed by atoms with van der Waals surface area (Å²) in [5.41, 5.74) is 2.34. The number of hydrogen-bond acceptors (Lipinski definition) is 3. The molecule has 0 spiro atoms. The summed E-state index contributed by atoms with van der Waals surface area (Å²) in [6.07, 6.45) is 3.09. The molecule has 0 aliphatic heterocycles. The van der Waals surface area contributed by atoms with Crippen molar-refractivity contribution in [3.05, 3.63) is 28.2 Å². The summed E-state index contributed by atoms with van der Waals surface area (Å²) >= 11 is 3.47. The first-order valence-electron chi connectivity index (χ1n) is 6.97. The van der Waals surface area contributed by atoms with Gasteiger partial charge in [-0.15, -0.1) is 0 Å². The Morgan fingerprint density at radius 3 is 2.95 bits per heavy atom. The van der Waals surface area contributed by atoms with Gasteiger partial charge in [-0.1, -0.05) is 22.9 Å². The molecule has 1 saturated carbocycles. The van der Waals surface area contributed by atoms with Crippen LogP contribution in [-0.4, -0.2) is 31.0 Å². The molecule has 2 N–H and O–H groups in total. The van der Waals surface area contributed by atoms with Gasteiger partial charge in [0.05, 0.1) is 12.7 Å². The van der Waals surface area contributed by atoms with Crippen LogP contribution < -0.4 is 5.32 Å². The zero-order valence-electron chi connectivity index (χ0n) is 11.4. The quantitative estimate of drug-likeness (QED) is 0.770. The minimum absolute atomic E-state index is 0.418. The van der Waals surface area contributed by atoms with E-state index in [0.29, 0.717) is 13.2 Å². The van der Waals surface area contributed by atoms with Gasteiger partial charge in [-0.25, -0.2) is 0 Å². The van der Waals surface area contributed by atoms with Crippen LogP contribution in [-0.2, 0) is 11.2 Å². The second-order valence-corrected chi connectivity index (χ2v) is 6.09. The number of aryl methyl sites for hydroxylation is 1. The normalized spacial score (nSPS) is 16.4. The molecule has 0 saturated heterocycles. The van der Waals surface area contributed by atoms with Crippen LogP contribution in [0.4, 0.5) is 5.69 Å². The third-order valence-corrected chi connectivity index (χ3v) is 3.83. The third-order valence-electron chi connectivity index (χ3n) is 3.34. The summed E-state index contributed by atoms with van der Waals surface area (Å²) in [4.78, 5) is 0. The first-order chi connectivity index (χ1) is 9.19. The lowest BCUT2D eigenvalue weighted by Gasteiger charge is -2.15. The number of rotatable bonds is 8. The summed E-state index contributed by atoms with van der Waals surface area (Å²) < 4.78 is 6.57. The Bertz CT molecular complexity index is 407. The smallest absolute Gasteiger partial charge is 0.0945 e. The van der Waals surface area contributed by atoms with Gasteiger partial charge in [-0.05, 0) is 48.9 Å². The molecule has 1 fully saturated rings. The summed E-state index contributed by atoms with van der Waals surface area (Å²) in [7, 11) is 0. The largest absolute Gasteiger partial charge is 0.389 e. The number of aliphatic hydroxyl groups excluding tert-OH is 1. The van der Waals surface area contributed by atoms with Crippen molar-refractivity contribution in [3.63, 3.8) is 0 Å². The van der Waals surface area contributed by atoms with E-state index in [4.69, 9.17) is 4.74 Å². The molecule has 3 nitrogen and oxygen atoms in total. The lowest BCUT2D eigenvalue weighted by molar-refractivity contribution is 0.0386. The molecular weight excluding hydrogens is 306 g/mol. The van der Waals surface area contributed by atoms with E-state index in [1.165, 1.54) is 18.4 Å². The van der Waals surface area contributed by atoms with Crippen molar-refractivity contribution in [3.8, 4) is 0 Å². The van der Waals surface area contributed by atoms with Crippen LogP contribution >= 0.6 is 15.9 Å². The van der Waals surface area contributed by atoms with Crippen LogP contribution in [0.5, 0.6) is 0 Å². The number of hydrogen-bond donors (Lipinski definition) is 2. The average Bonchev–Trinajstić information content (AvgIpc) is 3.21. The van der Waals surface area contributed by atoms with E-state index in [1.54, 1.807) is 0 Å². The highest BCUT2D eigenvalue weighted by Gasteiger charge is 2.21. The molecule has 0 amide bonds. The van der Waals surface area contributed by atoms with Gasteiger partial charge < -0.3 is 15.2 Å². The summed E-state index contributed by atoms with van der Waals surface area (Å²) in [5.74, 6) is 0.748. The van der Waals surface area contributed by atoms with Crippen LogP contribution in [0, 0.1) is 5.92 Å². The standard InChI is InChI=1S/C15H22BrNO2/c1-2-12-7-13(16)5-6-15(12)17-8-14(18)10-19-9-11-3-4-11/h5-7,11,14,17-18H,2-4,8-10H2,1H3. The van der Waals surface area contributed by atoms with Crippen LogP contribution in [0.2, 0.25) is 0 Å². The molecule has 1 aromatic rings. The van der Waals surface area contributed by atoms with Gasteiger partial charge in [0.1, 0.15) is 0 Å². The molecular formula is C15H22BrNO2. The minimum atomic E-state index is -0.452. The Labute approximate surface area is 123 Å². The maximum atomic E-state index is 9.87. The van der Waals surface area contributed by atoms with Gasteiger partial charge in [-0.2, -0.15) is 0 Å². The van der Waals surface area contributed by atoms with Crippen molar-refractivity contribution in [2.24, 2.45) is 5.92 Å². The monoisotopic (exact) mass is 327 g/mol. The van der Waals surface area contributed by atoms with Crippen molar-refractivity contribution < 1.29 is 9.84 Å². The Hall–Kier alpha value is -0.580. The number of benzene rings is 1. The van der Waals surface area contributed by atoms with E-state index in [1.807, 2.05) is 12.1 Å². The maximum Gasteiger partial charge on any atom is 0.0945 e. The molecule has 1 unspecified atom stereocenters. The van der Waals surface area contributed by atoms with Crippen molar-refractivity contribution in [1.82, 2.24) is 0 Å². The van der Waals surface area contributed by atoms with Crippen LogP contribution in [0.15, 0.2) is 22.7 Å². The van der Waals surface area contributed by atoms with E-state index in [2.05, 4.69) is 34.2 Å². The molecule has 4 heteroatoms. The minimum Gasteiger partial charge on any atom is -0.389 e. The first-order valence-corrected chi connectivity index (χ1v) is 7.76. The van der Waals surface area contributed by atoms with Gasteiger partial charge in [0.2, 0.25) is 0 Å². The van der Waals surface area contributed by atoms with Crippen LogP contribution in [0.3, 0.4) is 0 Å². The predicted octanol–water partition coefficient (Wildman–Crippen LogP) is 3.21. The van der Waals surface area contributed by atoms with E-state index >= 15 is 0 Å². The van der Waals surface area contributed by atoms with E-state index < -0.39 is 6.10 Å².